The first-order valence-electron chi connectivity index (χ1n) is 11.3. The van der Waals surface area contributed by atoms with Crippen molar-refractivity contribution in [2.24, 2.45) is 11.8 Å². The number of amides is 2. The number of likely N-dealkylation sites (tertiary alicyclic amines) is 1. The summed E-state index contributed by atoms with van der Waals surface area (Å²) in [7, 11) is 0. The van der Waals surface area contributed by atoms with Gasteiger partial charge >= 0.3 is 0 Å². The molecule has 0 spiro atoms. The standard InChI is InChI=1S/C23H31ClN4O2S/c1-2-27-11-3-4-18(27)13-25-21(29)16-7-10-19-20(12-16)26-23(31)28(22(19)30)14-15-5-8-17(24)9-6-15/h5-6,8-9,16,18-20H,2-4,7,10-14H2,1H3,(H,25,29)(H,26,31). The first-order valence-corrected chi connectivity index (χ1v) is 12.1. The fourth-order valence-electron chi connectivity index (χ4n) is 5.23. The molecule has 168 valence electrons. The predicted octanol–water partition coefficient (Wildman–Crippen LogP) is 2.94. The van der Waals surface area contributed by atoms with Gasteiger partial charge in [0.25, 0.3) is 0 Å². The van der Waals surface area contributed by atoms with E-state index in [1.165, 1.54) is 6.42 Å². The molecule has 31 heavy (non-hydrogen) atoms. The van der Waals surface area contributed by atoms with Gasteiger partial charge in [0.05, 0.1) is 12.5 Å². The molecule has 1 aliphatic carbocycles. The highest BCUT2D eigenvalue weighted by atomic mass is 35.5. The number of halogens is 1. The highest BCUT2D eigenvalue weighted by molar-refractivity contribution is 7.80. The second-order valence-corrected chi connectivity index (χ2v) is 9.72. The van der Waals surface area contributed by atoms with Crippen LogP contribution in [0.5, 0.6) is 0 Å². The van der Waals surface area contributed by atoms with Gasteiger partial charge in [-0.1, -0.05) is 30.7 Å². The molecule has 0 bridgehead atoms. The molecule has 2 amide bonds. The molecule has 8 heteroatoms. The number of hydrogen-bond acceptors (Lipinski definition) is 4. The van der Waals surface area contributed by atoms with Crippen molar-refractivity contribution in [2.45, 2.75) is 57.7 Å². The topological polar surface area (TPSA) is 64.7 Å². The van der Waals surface area contributed by atoms with E-state index >= 15 is 0 Å². The maximum atomic E-state index is 13.2. The lowest BCUT2D eigenvalue weighted by Crippen LogP contribution is -2.61. The molecular weight excluding hydrogens is 432 g/mol. The lowest BCUT2D eigenvalue weighted by atomic mass is 9.76. The van der Waals surface area contributed by atoms with Gasteiger partial charge in [-0.25, -0.2) is 0 Å². The summed E-state index contributed by atoms with van der Waals surface area (Å²) in [6, 6.07) is 7.85. The van der Waals surface area contributed by atoms with Crippen molar-refractivity contribution in [3.63, 3.8) is 0 Å². The van der Waals surface area contributed by atoms with E-state index in [1.807, 2.05) is 24.3 Å². The number of thiocarbonyl (C=S) groups is 1. The number of nitrogens with one attached hydrogen (secondary N) is 2. The van der Waals surface area contributed by atoms with Crippen LogP contribution in [0.1, 0.15) is 44.6 Å². The maximum Gasteiger partial charge on any atom is 0.234 e. The molecule has 2 aliphatic heterocycles. The van der Waals surface area contributed by atoms with Gasteiger partial charge < -0.3 is 10.6 Å². The molecule has 3 aliphatic rings. The van der Waals surface area contributed by atoms with Crippen LogP contribution < -0.4 is 10.6 Å². The van der Waals surface area contributed by atoms with E-state index in [0.717, 1.165) is 38.0 Å². The predicted molar refractivity (Wildman–Crippen MR) is 126 cm³/mol. The van der Waals surface area contributed by atoms with Crippen molar-refractivity contribution in [1.29, 1.82) is 0 Å². The Bertz CT molecular complexity index is 833. The van der Waals surface area contributed by atoms with Gasteiger partial charge in [0.2, 0.25) is 11.8 Å². The number of nitrogens with zero attached hydrogens (tertiary/aromatic N) is 2. The SMILES string of the molecule is CCN1CCCC1CNC(=O)C1CCC2C(=O)N(Cc3ccc(Cl)cc3)C(=S)NC2C1. The number of carbonyl (C=O) groups is 2. The van der Waals surface area contributed by atoms with Crippen molar-refractivity contribution >= 4 is 40.7 Å². The van der Waals surface area contributed by atoms with E-state index < -0.39 is 0 Å². The summed E-state index contributed by atoms with van der Waals surface area (Å²) in [4.78, 5) is 30.1. The van der Waals surface area contributed by atoms with Crippen LogP contribution >= 0.6 is 23.8 Å². The minimum absolute atomic E-state index is 0.0621. The molecule has 4 rings (SSSR count). The number of carbonyl (C=O) groups excluding carboxylic acids is 2. The summed E-state index contributed by atoms with van der Waals surface area (Å²) in [5, 5.41) is 7.64. The summed E-state index contributed by atoms with van der Waals surface area (Å²) in [5.74, 6) is -0.0191. The van der Waals surface area contributed by atoms with Gasteiger partial charge in [-0.15, -0.1) is 0 Å². The monoisotopic (exact) mass is 462 g/mol. The van der Waals surface area contributed by atoms with E-state index in [2.05, 4.69) is 22.5 Å². The Kier molecular flexibility index (Phi) is 7.14. The summed E-state index contributed by atoms with van der Waals surface area (Å²) in [6.07, 6.45) is 4.46. The fraction of sp³-hybridized carbons (Fsp3) is 0.609. The molecule has 0 radical (unpaired) electrons. The number of hydrogen-bond donors (Lipinski definition) is 2. The number of fused-ring (bicyclic) bond motifs is 1. The van der Waals surface area contributed by atoms with Crippen molar-refractivity contribution in [1.82, 2.24) is 20.4 Å². The third kappa shape index (κ3) is 5.04. The van der Waals surface area contributed by atoms with Gasteiger partial charge in [0, 0.05) is 29.6 Å². The third-order valence-electron chi connectivity index (χ3n) is 7.03. The van der Waals surface area contributed by atoms with Crippen molar-refractivity contribution in [2.75, 3.05) is 19.6 Å². The van der Waals surface area contributed by atoms with E-state index in [4.69, 9.17) is 23.8 Å². The Morgan fingerprint density at radius 2 is 2.03 bits per heavy atom. The molecule has 4 atom stereocenters. The van der Waals surface area contributed by atoms with E-state index in [1.54, 1.807) is 4.90 Å². The average molecular weight is 463 g/mol. The van der Waals surface area contributed by atoms with E-state index in [-0.39, 0.29) is 29.7 Å². The fourth-order valence-corrected chi connectivity index (χ4v) is 5.66. The molecule has 1 aromatic carbocycles. The van der Waals surface area contributed by atoms with Gasteiger partial charge in [0.1, 0.15) is 0 Å². The summed E-state index contributed by atoms with van der Waals surface area (Å²) < 4.78 is 0. The smallest absolute Gasteiger partial charge is 0.234 e. The largest absolute Gasteiger partial charge is 0.359 e. The zero-order chi connectivity index (χ0) is 22.0. The Balaban J connectivity index is 1.32. The van der Waals surface area contributed by atoms with Gasteiger partial charge in [-0.2, -0.15) is 0 Å². The highest BCUT2D eigenvalue weighted by Gasteiger charge is 2.44. The normalized spacial score (nSPS) is 28.9. The first-order chi connectivity index (χ1) is 15.0. The van der Waals surface area contributed by atoms with E-state index in [0.29, 0.717) is 35.6 Å². The van der Waals surface area contributed by atoms with Gasteiger partial charge in [-0.05, 0) is 75.1 Å². The van der Waals surface area contributed by atoms with Gasteiger partial charge in [0.15, 0.2) is 5.11 Å². The Labute approximate surface area is 194 Å². The van der Waals surface area contributed by atoms with Crippen LogP contribution in [0.3, 0.4) is 0 Å². The molecule has 2 saturated heterocycles. The molecule has 3 fully saturated rings. The molecule has 1 aromatic rings. The number of likely N-dealkylation sites (N-methyl/N-ethyl adjacent to an activating group) is 1. The van der Waals surface area contributed by atoms with Crippen LogP contribution in [0, 0.1) is 11.8 Å². The molecular formula is C23H31ClN4O2S. The van der Waals surface area contributed by atoms with E-state index in [9.17, 15) is 9.59 Å². The average Bonchev–Trinajstić information content (AvgIpc) is 3.23. The Morgan fingerprint density at radius 1 is 1.26 bits per heavy atom. The van der Waals surface area contributed by atoms with Crippen molar-refractivity contribution in [3.05, 3.63) is 34.9 Å². The lowest BCUT2D eigenvalue weighted by molar-refractivity contribution is -0.138. The van der Waals surface area contributed by atoms with Crippen LogP contribution in [0.15, 0.2) is 24.3 Å². The van der Waals surface area contributed by atoms with Crippen molar-refractivity contribution in [3.8, 4) is 0 Å². The van der Waals surface area contributed by atoms with Crippen LogP contribution in [0.2, 0.25) is 5.02 Å². The first kappa shape index (κ1) is 22.5. The second kappa shape index (κ2) is 9.84. The zero-order valence-corrected chi connectivity index (χ0v) is 19.6. The third-order valence-corrected chi connectivity index (χ3v) is 7.62. The quantitative estimate of drug-likeness (QED) is 0.636. The molecule has 2 N–H and O–H groups in total. The molecule has 4 unspecified atom stereocenters. The molecule has 6 nitrogen and oxygen atoms in total. The van der Waals surface area contributed by atoms with Crippen molar-refractivity contribution < 1.29 is 9.59 Å². The minimum Gasteiger partial charge on any atom is -0.359 e. The van der Waals surface area contributed by atoms with Crippen LogP contribution in [0.25, 0.3) is 0 Å². The zero-order valence-electron chi connectivity index (χ0n) is 18.0. The molecule has 2 heterocycles. The lowest BCUT2D eigenvalue weighted by Gasteiger charge is -2.43. The van der Waals surface area contributed by atoms with Crippen LogP contribution in [0.4, 0.5) is 0 Å². The van der Waals surface area contributed by atoms with Gasteiger partial charge in [-0.3, -0.25) is 19.4 Å². The number of rotatable bonds is 6. The highest BCUT2D eigenvalue weighted by Crippen LogP contribution is 2.34. The van der Waals surface area contributed by atoms with Crippen LogP contribution in [-0.4, -0.2) is 58.4 Å². The second-order valence-electron chi connectivity index (χ2n) is 8.89. The van der Waals surface area contributed by atoms with Crippen LogP contribution in [-0.2, 0) is 16.1 Å². The Morgan fingerprint density at radius 3 is 2.77 bits per heavy atom. The maximum absolute atomic E-state index is 13.2. The molecule has 1 saturated carbocycles. The summed E-state index contributed by atoms with van der Waals surface area (Å²) in [5.41, 5.74) is 0.987. The number of benzene rings is 1. The summed E-state index contributed by atoms with van der Waals surface area (Å²) >= 11 is 11.5. The summed E-state index contributed by atoms with van der Waals surface area (Å²) in [6.45, 7) is 5.48. The Hall–Kier alpha value is -1.70. The minimum atomic E-state index is -0.131. The molecule has 0 aromatic heterocycles.